The van der Waals surface area contributed by atoms with Gasteiger partial charge in [0.05, 0.1) is 5.56 Å². The molecule has 3 N–H and O–H groups in total. The summed E-state index contributed by atoms with van der Waals surface area (Å²) in [4.78, 5) is 14.0. The van der Waals surface area contributed by atoms with Gasteiger partial charge in [0.2, 0.25) is 0 Å². The number of nitrogen functional groups attached to an aromatic ring is 1. The molecule has 0 bridgehead atoms. The van der Waals surface area contributed by atoms with Crippen LogP contribution in [-0.2, 0) is 0 Å². The first-order valence-corrected chi connectivity index (χ1v) is 6.30. The molecule has 0 aliphatic heterocycles. The lowest BCUT2D eigenvalue weighted by atomic mass is 9.93. The molecule has 4 nitrogen and oxygen atoms in total. The average molecular weight is 285 g/mol. The molecule has 1 amide bonds. The van der Waals surface area contributed by atoms with Gasteiger partial charge in [-0.25, -0.2) is 8.78 Å². The quantitative estimate of drug-likeness (QED) is 0.812. The Morgan fingerprint density at radius 3 is 2.40 bits per heavy atom. The number of hydrogen-bond donors (Lipinski definition) is 2. The van der Waals surface area contributed by atoms with Gasteiger partial charge in [-0.3, -0.25) is 4.79 Å². The van der Waals surface area contributed by atoms with Crippen molar-refractivity contribution in [1.29, 1.82) is 0 Å². The minimum atomic E-state index is -1.09. The van der Waals surface area contributed by atoms with Crippen molar-refractivity contribution in [3.63, 3.8) is 0 Å². The Balaban J connectivity index is 2.75. The van der Waals surface area contributed by atoms with Crippen LogP contribution in [0.4, 0.5) is 14.5 Å². The molecule has 0 unspecified atom stereocenters. The fraction of sp³-hybridized carbons (Fsp3) is 0.500. The molecule has 6 heteroatoms. The number of carbonyl (C=O) groups excluding carboxylic acids is 1. The number of hydrogen-bond acceptors (Lipinski definition) is 3. The summed E-state index contributed by atoms with van der Waals surface area (Å²) < 4.78 is 26.1. The molecule has 0 aliphatic rings. The third kappa shape index (κ3) is 4.45. The summed E-state index contributed by atoms with van der Waals surface area (Å²) in [5.74, 6) is -2.66. The molecule has 0 saturated heterocycles. The van der Waals surface area contributed by atoms with E-state index in [-0.39, 0.29) is 16.7 Å². The molecule has 0 saturated carbocycles. The van der Waals surface area contributed by atoms with Crippen LogP contribution in [0.25, 0.3) is 0 Å². The lowest BCUT2D eigenvalue weighted by Gasteiger charge is -2.28. The topological polar surface area (TPSA) is 58.4 Å². The smallest absolute Gasteiger partial charge is 0.253 e. The molecule has 0 atom stereocenters. The van der Waals surface area contributed by atoms with E-state index in [1.807, 2.05) is 32.8 Å². The van der Waals surface area contributed by atoms with Gasteiger partial charge in [-0.1, -0.05) is 13.8 Å². The van der Waals surface area contributed by atoms with Gasteiger partial charge >= 0.3 is 0 Å². The first-order chi connectivity index (χ1) is 9.12. The Kier molecular flexibility index (Phi) is 5.05. The molecule has 1 aromatic carbocycles. The fourth-order valence-corrected chi connectivity index (χ4v) is 2.09. The maximum absolute atomic E-state index is 13.1. The predicted octanol–water partition coefficient (Wildman–Crippen LogP) is 1.86. The highest BCUT2D eigenvalue weighted by atomic mass is 19.2. The lowest BCUT2D eigenvalue weighted by Crippen LogP contribution is -2.40. The number of rotatable bonds is 5. The van der Waals surface area contributed by atoms with Crippen molar-refractivity contribution < 1.29 is 13.6 Å². The van der Waals surface area contributed by atoms with Crippen molar-refractivity contribution in [3.8, 4) is 0 Å². The van der Waals surface area contributed by atoms with E-state index < -0.39 is 17.5 Å². The van der Waals surface area contributed by atoms with Crippen molar-refractivity contribution >= 4 is 11.6 Å². The van der Waals surface area contributed by atoms with Crippen LogP contribution in [0.15, 0.2) is 12.1 Å². The van der Waals surface area contributed by atoms with E-state index in [4.69, 9.17) is 5.73 Å². The van der Waals surface area contributed by atoms with Gasteiger partial charge in [0, 0.05) is 24.8 Å². The van der Waals surface area contributed by atoms with Crippen LogP contribution in [0.5, 0.6) is 0 Å². The number of amides is 1. The zero-order valence-electron chi connectivity index (χ0n) is 12.3. The Labute approximate surface area is 117 Å². The Hall–Kier alpha value is -1.69. The number of nitrogens with two attached hydrogens (primary N) is 1. The molecule has 20 heavy (non-hydrogen) atoms. The Morgan fingerprint density at radius 2 is 1.85 bits per heavy atom. The third-order valence-electron chi connectivity index (χ3n) is 2.81. The summed E-state index contributed by atoms with van der Waals surface area (Å²) in [6, 6.07) is 1.63. The van der Waals surface area contributed by atoms with Crippen molar-refractivity contribution in [2.24, 2.45) is 5.41 Å². The summed E-state index contributed by atoms with van der Waals surface area (Å²) in [5.41, 5.74) is 5.26. The van der Waals surface area contributed by atoms with Crippen LogP contribution < -0.4 is 11.1 Å². The molecule has 0 aromatic heterocycles. The highest BCUT2D eigenvalue weighted by molar-refractivity contribution is 5.99. The monoisotopic (exact) mass is 285 g/mol. The molecule has 0 spiro atoms. The Morgan fingerprint density at radius 1 is 1.30 bits per heavy atom. The second-order valence-electron chi connectivity index (χ2n) is 5.94. The lowest BCUT2D eigenvalue weighted by molar-refractivity contribution is 0.0929. The second-order valence-corrected chi connectivity index (χ2v) is 5.94. The fourth-order valence-electron chi connectivity index (χ4n) is 2.09. The van der Waals surface area contributed by atoms with Gasteiger partial charge < -0.3 is 16.0 Å². The SMILES string of the molecule is CN(C)CC(C)(C)CNC(=O)c1cc(F)c(F)cc1N. The molecule has 112 valence electrons. The van der Waals surface area contributed by atoms with Gasteiger partial charge in [0.1, 0.15) is 0 Å². The molecule has 1 rings (SSSR count). The average Bonchev–Trinajstić information content (AvgIpc) is 2.29. The number of nitrogens with one attached hydrogen (secondary N) is 1. The number of benzene rings is 1. The first-order valence-electron chi connectivity index (χ1n) is 6.30. The van der Waals surface area contributed by atoms with Crippen LogP contribution in [0.2, 0.25) is 0 Å². The van der Waals surface area contributed by atoms with Crippen LogP contribution in [0.3, 0.4) is 0 Å². The van der Waals surface area contributed by atoms with Crippen molar-refractivity contribution in [3.05, 3.63) is 29.3 Å². The summed E-state index contributed by atoms with van der Waals surface area (Å²) >= 11 is 0. The van der Waals surface area contributed by atoms with Crippen LogP contribution in [0, 0.1) is 17.0 Å². The van der Waals surface area contributed by atoms with E-state index in [0.29, 0.717) is 6.54 Å². The molecular weight excluding hydrogens is 264 g/mol. The molecular formula is C14H21F2N3O. The van der Waals surface area contributed by atoms with E-state index in [1.54, 1.807) is 0 Å². The number of carbonyl (C=O) groups is 1. The molecule has 1 aromatic rings. The molecule has 0 aliphatic carbocycles. The molecule has 0 radical (unpaired) electrons. The van der Waals surface area contributed by atoms with E-state index >= 15 is 0 Å². The summed E-state index contributed by atoms with van der Waals surface area (Å²) in [7, 11) is 3.88. The third-order valence-corrected chi connectivity index (χ3v) is 2.81. The highest BCUT2D eigenvalue weighted by Gasteiger charge is 2.21. The maximum atomic E-state index is 13.1. The second kappa shape index (κ2) is 6.17. The van der Waals surface area contributed by atoms with E-state index in [1.165, 1.54) is 0 Å². The standard InChI is InChI=1S/C14H21F2N3O/c1-14(2,8-19(3)4)7-18-13(20)9-5-10(15)11(16)6-12(9)17/h5-6H,7-8,17H2,1-4H3,(H,18,20). The maximum Gasteiger partial charge on any atom is 0.253 e. The number of anilines is 1. The van der Waals surface area contributed by atoms with E-state index in [9.17, 15) is 13.6 Å². The van der Waals surface area contributed by atoms with Gasteiger partial charge in [-0.05, 0) is 25.6 Å². The van der Waals surface area contributed by atoms with Crippen LogP contribution >= 0.6 is 0 Å². The van der Waals surface area contributed by atoms with Gasteiger partial charge in [0.25, 0.3) is 5.91 Å². The van der Waals surface area contributed by atoms with E-state index in [2.05, 4.69) is 5.32 Å². The molecule has 0 fully saturated rings. The summed E-state index contributed by atoms with van der Waals surface area (Å²) in [5, 5.41) is 2.70. The van der Waals surface area contributed by atoms with Crippen molar-refractivity contribution in [2.75, 3.05) is 32.9 Å². The van der Waals surface area contributed by atoms with Crippen molar-refractivity contribution in [1.82, 2.24) is 10.2 Å². The molecule has 0 heterocycles. The normalized spacial score (nSPS) is 11.8. The van der Waals surface area contributed by atoms with Gasteiger partial charge in [-0.2, -0.15) is 0 Å². The predicted molar refractivity (Wildman–Crippen MR) is 75.4 cm³/mol. The van der Waals surface area contributed by atoms with Gasteiger partial charge in [-0.15, -0.1) is 0 Å². The zero-order chi connectivity index (χ0) is 15.5. The largest absolute Gasteiger partial charge is 0.398 e. The zero-order valence-corrected chi connectivity index (χ0v) is 12.3. The van der Waals surface area contributed by atoms with Crippen LogP contribution in [0.1, 0.15) is 24.2 Å². The minimum Gasteiger partial charge on any atom is -0.398 e. The van der Waals surface area contributed by atoms with E-state index in [0.717, 1.165) is 18.7 Å². The summed E-state index contributed by atoms with van der Waals surface area (Å²) in [6.07, 6.45) is 0. The Bertz CT molecular complexity index is 501. The highest BCUT2D eigenvalue weighted by Crippen LogP contribution is 2.18. The van der Waals surface area contributed by atoms with Crippen molar-refractivity contribution in [2.45, 2.75) is 13.8 Å². The minimum absolute atomic E-state index is 0.0513. The van der Waals surface area contributed by atoms with Gasteiger partial charge in [0.15, 0.2) is 11.6 Å². The number of halogens is 2. The van der Waals surface area contributed by atoms with Crippen LogP contribution in [-0.4, -0.2) is 38.0 Å². The first kappa shape index (κ1) is 16.4. The summed E-state index contributed by atoms with van der Waals surface area (Å²) in [6.45, 7) is 5.19. The number of nitrogens with zero attached hydrogens (tertiary/aromatic N) is 1.